The number of nitrogens with zero attached hydrogens (tertiary/aromatic N) is 1. The number of carbonyl (C=O) groups is 2. The summed E-state index contributed by atoms with van der Waals surface area (Å²) in [6.45, 7) is 5.52. The van der Waals surface area contributed by atoms with E-state index < -0.39 is 5.97 Å². The molecular formula is C21H20N2O3. The van der Waals surface area contributed by atoms with Crippen molar-refractivity contribution in [1.29, 1.82) is 0 Å². The summed E-state index contributed by atoms with van der Waals surface area (Å²) in [5.41, 5.74) is 4.40. The van der Waals surface area contributed by atoms with E-state index in [9.17, 15) is 9.59 Å². The highest BCUT2D eigenvalue weighted by Crippen LogP contribution is 2.19. The number of anilines is 1. The van der Waals surface area contributed by atoms with Gasteiger partial charge in [-0.1, -0.05) is 0 Å². The minimum Gasteiger partial charge on any atom is -0.423 e. The summed E-state index contributed by atoms with van der Waals surface area (Å²) in [6.07, 6.45) is 0. The zero-order chi connectivity index (χ0) is 18.7. The molecule has 3 aromatic rings. The van der Waals surface area contributed by atoms with E-state index in [4.69, 9.17) is 4.74 Å². The maximum Gasteiger partial charge on any atom is 0.343 e. The molecule has 26 heavy (non-hydrogen) atoms. The molecule has 0 aliphatic carbocycles. The molecule has 0 bridgehead atoms. The molecule has 0 aliphatic heterocycles. The second-order valence-corrected chi connectivity index (χ2v) is 6.09. The number of aromatic nitrogens is 1. The molecule has 0 atom stereocenters. The second kappa shape index (κ2) is 7.27. The van der Waals surface area contributed by atoms with Crippen LogP contribution >= 0.6 is 0 Å². The molecule has 0 saturated heterocycles. The number of hydrogen-bond acceptors (Lipinski definition) is 3. The van der Waals surface area contributed by atoms with Gasteiger partial charge in [0.05, 0.1) is 5.56 Å². The van der Waals surface area contributed by atoms with E-state index in [0.29, 0.717) is 17.0 Å². The number of benzene rings is 2. The average molecular weight is 348 g/mol. The van der Waals surface area contributed by atoms with Crippen LogP contribution < -0.4 is 10.1 Å². The van der Waals surface area contributed by atoms with Gasteiger partial charge in [-0.3, -0.25) is 4.79 Å². The Hall–Kier alpha value is -3.34. The normalized spacial score (nSPS) is 10.4. The van der Waals surface area contributed by atoms with Crippen LogP contribution in [0.15, 0.2) is 60.7 Å². The smallest absolute Gasteiger partial charge is 0.343 e. The third-order valence-electron chi connectivity index (χ3n) is 4.02. The molecule has 0 fully saturated rings. The van der Waals surface area contributed by atoms with Crippen LogP contribution in [0.3, 0.4) is 0 Å². The first-order valence-corrected chi connectivity index (χ1v) is 8.29. The minimum atomic E-state index is -0.426. The molecule has 1 amide bonds. The summed E-state index contributed by atoms with van der Waals surface area (Å²) in [7, 11) is 0. The van der Waals surface area contributed by atoms with Crippen molar-refractivity contribution >= 4 is 17.6 Å². The monoisotopic (exact) mass is 348 g/mol. The third kappa shape index (κ3) is 3.83. The lowest BCUT2D eigenvalue weighted by Gasteiger charge is -2.10. The van der Waals surface area contributed by atoms with Crippen molar-refractivity contribution in [3.8, 4) is 11.4 Å². The Balaban J connectivity index is 1.71. The number of esters is 1. The van der Waals surface area contributed by atoms with Gasteiger partial charge in [-0.25, -0.2) is 4.79 Å². The molecule has 1 heterocycles. The van der Waals surface area contributed by atoms with Crippen LogP contribution in [0.1, 0.15) is 28.7 Å². The van der Waals surface area contributed by atoms with Crippen LogP contribution in [0.5, 0.6) is 5.75 Å². The Morgan fingerprint density at radius 1 is 0.846 bits per heavy atom. The molecule has 0 radical (unpaired) electrons. The summed E-state index contributed by atoms with van der Waals surface area (Å²) in [6, 6.07) is 18.1. The van der Waals surface area contributed by atoms with Crippen molar-refractivity contribution in [3.63, 3.8) is 0 Å². The molecule has 5 nitrogen and oxygen atoms in total. The minimum absolute atomic E-state index is 0.150. The molecule has 0 unspecified atom stereocenters. The zero-order valence-electron chi connectivity index (χ0n) is 14.9. The summed E-state index contributed by atoms with van der Waals surface area (Å²) in [4.78, 5) is 23.3. The average Bonchev–Trinajstić information content (AvgIpc) is 2.95. The van der Waals surface area contributed by atoms with E-state index >= 15 is 0 Å². The Labute approximate surface area is 152 Å². The number of ether oxygens (including phenoxy) is 1. The Kier molecular flexibility index (Phi) is 4.89. The van der Waals surface area contributed by atoms with Gasteiger partial charge in [0.1, 0.15) is 5.75 Å². The summed E-state index contributed by atoms with van der Waals surface area (Å²) < 4.78 is 7.50. The number of carbonyl (C=O) groups excluding carboxylic acids is 2. The Morgan fingerprint density at radius 3 is 1.96 bits per heavy atom. The summed E-state index contributed by atoms with van der Waals surface area (Å²) in [5, 5.41) is 2.66. The van der Waals surface area contributed by atoms with E-state index in [1.807, 2.05) is 26.0 Å². The predicted octanol–water partition coefficient (Wildman–Crippen LogP) is 4.27. The van der Waals surface area contributed by atoms with Gasteiger partial charge in [0.25, 0.3) is 0 Å². The van der Waals surface area contributed by atoms with Crippen molar-refractivity contribution in [3.05, 3.63) is 77.6 Å². The lowest BCUT2D eigenvalue weighted by Crippen LogP contribution is -2.09. The third-order valence-corrected chi connectivity index (χ3v) is 4.02. The number of aryl methyl sites for hydroxylation is 2. The first-order chi connectivity index (χ1) is 12.4. The first kappa shape index (κ1) is 17.5. The van der Waals surface area contributed by atoms with E-state index in [-0.39, 0.29) is 5.91 Å². The molecular weight excluding hydrogens is 328 g/mol. The van der Waals surface area contributed by atoms with Gasteiger partial charge in [0, 0.05) is 29.7 Å². The van der Waals surface area contributed by atoms with Crippen molar-refractivity contribution in [2.75, 3.05) is 5.32 Å². The molecule has 132 valence electrons. The molecule has 3 rings (SSSR count). The number of nitrogens with one attached hydrogen (secondary N) is 1. The number of hydrogen-bond donors (Lipinski definition) is 1. The summed E-state index contributed by atoms with van der Waals surface area (Å²) >= 11 is 0. The van der Waals surface area contributed by atoms with E-state index in [1.54, 1.807) is 36.4 Å². The van der Waals surface area contributed by atoms with Crippen molar-refractivity contribution < 1.29 is 14.3 Å². The largest absolute Gasteiger partial charge is 0.423 e. The van der Waals surface area contributed by atoms with Crippen molar-refractivity contribution in [2.45, 2.75) is 20.8 Å². The van der Waals surface area contributed by atoms with E-state index in [1.165, 1.54) is 6.92 Å². The van der Waals surface area contributed by atoms with Gasteiger partial charge >= 0.3 is 5.97 Å². The molecule has 1 aromatic heterocycles. The van der Waals surface area contributed by atoms with Crippen LogP contribution in [-0.2, 0) is 4.79 Å². The fourth-order valence-corrected chi connectivity index (χ4v) is 2.80. The maximum absolute atomic E-state index is 12.3. The van der Waals surface area contributed by atoms with Crippen LogP contribution in [0.4, 0.5) is 5.69 Å². The van der Waals surface area contributed by atoms with Crippen LogP contribution in [0.2, 0.25) is 0 Å². The van der Waals surface area contributed by atoms with Gasteiger partial charge < -0.3 is 14.6 Å². The van der Waals surface area contributed by atoms with Gasteiger partial charge in [-0.05, 0) is 74.5 Å². The Bertz CT molecular complexity index is 919. The van der Waals surface area contributed by atoms with E-state index in [0.717, 1.165) is 17.1 Å². The van der Waals surface area contributed by atoms with Crippen LogP contribution in [0.25, 0.3) is 5.69 Å². The fraction of sp³-hybridized carbons (Fsp3) is 0.143. The first-order valence-electron chi connectivity index (χ1n) is 8.29. The molecule has 0 aliphatic rings. The Morgan fingerprint density at radius 2 is 1.42 bits per heavy atom. The van der Waals surface area contributed by atoms with Crippen molar-refractivity contribution in [1.82, 2.24) is 4.57 Å². The highest BCUT2D eigenvalue weighted by Gasteiger charge is 2.10. The van der Waals surface area contributed by atoms with Crippen LogP contribution in [0, 0.1) is 13.8 Å². The lowest BCUT2D eigenvalue weighted by molar-refractivity contribution is -0.114. The quantitative estimate of drug-likeness (QED) is 0.566. The number of rotatable bonds is 4. The van der Waals surface area contributed by atoms with Gasteiger partial charge in [0.15, 0.2) is 0 Å². The van der Waals surface area contributed by atoms with Gasteiger partial charge in [-0.2, -0.15) is 0 Å². The highest BCUT2D eigenvalue weighted by atomic mass is 16.5. The van der Waals surface area contributed by atoms with Gasteiger partial charge in [0.2, 0.25) is 5.91 Å². The number of amides is 1. The molecule has 2 aromatic carbocycles. The van der Waals surface area contributed by atoms with Crippen molar-refractivity contribution in [2.24, 2.45) is 0 Å². The lowest BCUT2D eigenvalue weighted by atomic mass is 10.2. The molecule has 5 heteroatoms. The standard InChI is InChI=1S/C21H20N2O3/c1-14-4-5-15(2)23(14)19-10-6-17(7-11-19)21(25)26-20-12-8-18(9-13-20)22-16(3)24/h4-13H,1-3H3,(H,22,24). The summed E-state index contributed by atoms with van der Waals surface area (Å²) in [5.74, 6) is -0.155. The molecule has 0 spiro atoms. The molecule has 1 N–H and O–H groups in total. The predicted molar refractivity (Wildman–Crippen MR) is 101 cm³/mol. The fourth-order valence-electron chi connectivity index (χ4n) is 2.80. The topological polar surface area (TPSA) is 60.3 Å². The zero-order valence-corrected chi connectivity index (χ0v) is 14.9. The second-order valence-electron chi connectivity index (χ2n) is 6.09. The maximum atomic E-state index is 12.3. The SMILES string of the molecule is CC(=O)Nc1ccc(OC(=O)c2ccc(-n3c(C)ccc3C)cc2)cc1. The van der Waals surface area contributed by atoms with Gasteiger partial charge in [-0.15, -0.1) is 0 Å². The van der Waals surface area contributed by atoms with Crippen LogP contribution in [-0.4, -0.2) is 16.4 Å². The van der Waals surface area contributed by atoms with E-state index in [2.05, 4.69) is 22.0 Å². The highest BCUT2D eigenvalue weighted by molar-refractivity contribution is 5.91. The molecule has 0 saturated carbocycles.